The molecule has 0 fully saturated rings. The number of aromatic nitrogens is 2. The summed E-state index contributed by atoms with van der Waals surface area (Å²) in [6, 6.07) is 10.4. The van der Waals surface area contributed by atoms with Crippen LogP contribution in [-0.2, 0) is 12.7 Å². The van der Waals surface area contributed by atoms with Gasteiger partial charge in [-0.3, -0.25) is 4.57 Å². The van der Waals surface area contributed by atoms with Gasteiger partial charge in [0.15, 0.2) is 0 Å². The number of H-pyrrole nitrogens is 1. The number of imidazole rings is 1. The topological polar surface area (TPSA) is 37.8 Å². The molecule has 0 unspecified atom stereocenters. The number of halogens is 3. The molecule has 0 saturated carbocycles. The molecule has 1 aromatic heterocycles. The minimum absolute atomic E-state index is 0.208. The second kappa shape index (κ2) is 5.85. The smallest absolute Gasteiger partial charge is 0.306 e. The van der Waals surface area contributed by atoms with Gasteiger partial charge in [0, 0.05) is 6.54 Å². The zero-order valence-corrected chi connectivity index (χ0v) is 13.3. The Bertz CT molecular complexity index is 935. The van der Waals surface area contributed by atoms with Crippen molar-refractivity contribution in [1.29, 1.82) is 0 Å². The lowest BCUT2D eigenvalue weighted by Gasteiger charge is -2.09. The molecule has 0 atom stereocenters. The van der Waals surface area contributed by atoms with Crippen molar-refractivity contribution in [3.63, 3.8) is 0 Å². The van der Waals surface area contributed by atoms with Crippen molar-refractivity contribution in [2.75, 3.05) is 0 Å². The molecule has 3 rings (SSSR count). The Kier molecular flexibility index (Phi) is 3.99. The van der Waals surface area contributed by atoms with Gasteiger partial charge in [-0.05, 0) is 41.3 Å². The number of nitrogens with one attached hydrogen (secondary N) is 1. The first kappa shape index (κ1) is 16.4. The van der Waals surface area contributed by atoms with Crippen LogP contribution in [0.25, 0.3) is 22.2 Å². The number of hydrogen-bond acceptors (Lipinski definition) is 1. The number of nitrogens with zero attached hydrogens (tertiary/aromatic N) is 1. The normalized spacial score (nSPS) is 12.2. The maximum atomic E-state index is 12.9. The minimum atomic E-state index is -4.38. The Labute approximate surface area is 136 Å². The van der Waals surface area contributed by atoms with E-state index in [1.54, 1.807) is 28.8 Å². The summed E-state index contributed by atoms with van der Waals surface area (Å²) in [6.45, 7) is 4.62. The Morgan fingerprint density at radius 3 is 2.46 bits per heavy atom. The van der Waals surface area contributed by atoms with Crippen molar-refractivity contribution >= 4 is 11.0 Å². The standard InChI is InChI=1S/C18H17F3N2O/c1-11(2)10-23-16-7-6-13(9-15(16)22-17(23)24)12-4-3-5-14(8-12)18(19,20)21/h3-9,11H,10H2,1-2H3,(H,22,24). The van der Waals surface area contributed by atoms with Crippen molar-refractivity contribution in [3.05, 3.63) is 58.5 Å². The van der Waals surface area contributed by atoms with Crippen molar-refractivity contribution < 1.29 is 13.2 Å². The van der Waals surface area contributed by atoms with Gasteiger partial charge in [0.25, 0.3) is 0 Å². The van der Waals surface area contributed by atoms with Crippen LogP contribution in [0.2, 0.25) is 0 Å². The fourth-order valence-corrected chi connectivity index (χ4v) is 2.76. The summed E-state index contributed by atoms with van der Waals surface area (Å²) in [7, 11) is 0. The van der Waals surface area contributed by atoms with Gasteiger partial charge in [-0.2, -0.15) is 13.2 Å². The average molecular weight is 334 g/mol. The highest BCUT2D eigenvalue weighted by molar-refractivity contribution is 5.82. The molecule has 0 amide bonds. The van der Waals surface area contributed by atoms with Crippen LogP contribution in [0.5, 0.6) is 0 Å². The van der Waals surface area contributed by atoms with Crippen LogP contribution in [0.4, 0.5) is 13.2 Å². The molecule has 24 heavy (non-hydrogen) atoms. The summed E-state index contributed by atoms with van der Waals surface area (Å²) in [5, 5.41) is 0. The second-order valence-corrected chi connectivity index (χ2v) is 6.25. The third kappa shape index (κ3) is 3.09. The van der Waals surface area contributed by atoms with E-state index in [1.165, 1.54) is 6.07 Å². The van der Waals surface area contributed by atoms with E-state index < -0.39 is 11.7 Å². The lowest BCUT2D eigenvalue weighted by Crippen LogP contribution is -2.19. The molecule has 0 aliphatic heterocycles. The van der Waals surface area contributed by atoms with E-state index in [0.29, 0.717) is 29.1 Å². The molecule has 6 heteroatoms. The Morgan fingerprint density at radius 1 is 1.08 bits per heavy atom. The summed E-state index contributed by atoms with van der Waals surface area (Å²) in [6.07, 6.45) is -4.38. The Hall–Kier alpha value is -2.50. The van der Waals surface area contributed by atoms with Crippen LogP contribution in [0.1, 0.15) is 19.4 Å². The summed E-state index contributed by atoms with van der Waals surface area (Å²) >= 11 is 0. The zero-order chi connectivity index (χ0) is 17.5. The van der Waals surface area contributed by atoms with Crippen molar-refractivity contribution in [2.24, 2.45) is 5.92 Å². The number of rotatable bonds is 3. The first-order valence-corrected chi connectivity index (χ1v) is 7.66. The zero-order valence-electron chi connectivity index (χ0n) is 13.3. The quantitative estimate of drug-likeness (QED) is 0.742. The van der Waals surface area contributed by atoms with Gasteiger partial charge < -0.3 is 4.98 Å². The molecule has 3 aromatic rings. The maximum absolute atomic E-state index is 12.9. The Balaban J connectivity index is 2.08. The molecule has 0 radical (unpaired) electrons. The van der Waals surface area contributed by atoms with Crippen LogP contribution in [-0.4, -0.2) is 9.55 Å². The molecule has 0 bridgehead atoms. The third-order valence-corrected chi connectivity index (χ3v) is 3.85. The molecule has 1 heterocycles. The van der Waals surface area contributed by atoms with Crippen molar-refractivity contribution in [3.8, 4) is 11.1 Å². The van der Waals surface area contributed by atoms with Gasteiger partial charge in [-0.25, -0.2) is 4.79 Å². The van der Waals surface area contributed by atoms with Gasteiger partial charge in [-0.15, -0.1) is 0 Å². The monoisotopic (exact) mass is 334 g/mol. The SMILES string of the molecule is CC(C)Cn1c(=O)[nH]c2cc(-c3cccc(C(F)(F)F)c3)ccc21. The van der Waals surface area contributed by atoms with Crippen molar-refractivity contribution in [1.82, 2.24) is 9.55 Å². The highest BCUT2D eigenvalue weighted by Gasteiger charge is 2.30. The number of benzene rings is 2. The van der Waals surface area contributed by atoms with Crippen LogP contribution >= 0.6 is 0 Å². The molecular formula is C18H17F3N2O. The van der Waals surface area contributed by atoms with Gasteiger partial charge in [0.05, 0.1) is 16.6 Å². The number of alkyl halides is 3. The number of hydrogen-bond donors (Lipinski definition) is 1. The first-order valence-electron chi connectivity index (χ1n) is 7.66. The third-order valence-electron chi connectivity index (χ3n) is 3.85. The number of fused-ring (bicyclic) bond motifs is 1. The molecule has 3 nitrogen and oxygen atoms in total. The van der Waals surface area contributed by atoms with Gasteiger partial charge >= 0.3 is 11.9 Å². The summed E-state index contributed by atoms with van der Waals surface area (Å²) in [5.74, 6) is 0.310. The predicted molar refractivity (Wildman–Crippen MR) is 87.8 cm³/mol. The van der Waals surface area contributed by atoms with Crippen molar-refractivity contribution in [2.45, 2.75) is 26.6 Å². The highest BCUT2D eigenvalue weighted by atomic mass is 19.4. The van der Waals surface area contributed by atoms with Crippen LogP contribution < -0.4 is 5.69 Å². The highest BCUT2D eigenvalue weighted by Crippen LogP contribution is 2.32. The fourth-order valence-electron chi connectivity index (χ4n) is 2.76. The Morgan fingerprint density at radius 2 is 1.79 bits per heavy atom. The van der Waals surface area contributed by atoms with Crippen LogP contribution in [0.15, 0.2) is 47.3 Å². The largest absolute Gasteiger partial charge is 0.416 e. The molecule has 0 aliphatic carbocycles. The van der Waals surface area contributed by atoms with E-state index in [-0.39, 0.29) is 5.69 Å². The molecule has 0 saturated heterocycles. The van der Waals surface area contributed by atoms with Gasteiger partial charge in [-0.1, -0.05) is 32.0 Å². The molecule has 0 aliphatic rings. The second-order valence-electron chi connectivity index (χ2n) is 6.25. The van der Waals surface area contributed by atoms with E-state index in [4.69, 9.17) is 0 Å². The van der Waals surface area contributed by atoms with E-state index in [9.17, 15) is 18.0 Å². The van der Waals surface area contributed by atoms with E-state index in [0.717, 1.165) is 17.6 Å². The van der Waals surface area contributed by atoms with Gasteiger partial charge in [0.1, 0.15) is 0 Å². The predicted octanol–water partition coefficient (Wildman–Crippen LogP) is 4.67. The first-order chi connectivity index (χ1) is 11.3. The fraction of sp³-hybridized carbons (Fsp3) is 0.278. The summed E-state index contributed by atoms with van der Waals surface area (Å²) < 4.78 is 40.2. The molecule has 126 valence electrons. The molecular weight excluding hydrogens is 317 g/mol. The summed E-state index contributed by atoms with van der Waals surface area (Å²) in [4.78, 5) is 14.8. The molecule has 1 N–H and O–H groups in total. The lowest BCUT2D eigenvalue weighted by molar-refractivity contribution is -0.137. The van der Waals surface area contributed by atoms with E-state index in [2.05, 4.69) is 4.98 Å². The average Bonchev–Trinajstić information content (AvgIpc) is 2.81. The summed E-state index contributed by atoms with van der Waals surface area (Å²) in [5.41, 5.74) is 1.57. The van der Waals surface area contributed by atoms with E-state index >= 15 is 0 Å². The minimum Gasteiger partial charge on any atom is -0.306 e. The lowest BCUT2D eigenvalue weighted by atomic mass is 10.0. The molecule has 0 spiro atoms. The van der Waals surface area contributed by atoms with E-state index in [1.807, 2.05) is 13.8 Å². The van der Waals surface area contributed by atoms with Gasteiger partial charge in [0.2, 0.25) is 0 Å². The maximum Gasteiger partial charge on any atom is 0.416 e. The molecule has 2 aromatic carbocycles. The van der Waals surface area contributed by atoms with Crippen LogP contribution in [0.3, 0.4) is 0 Å². The number of aromatic amines is 1. The van der Waals surface area contributed by atoms with Crippen LogP contribution in [0, 0.1) is 5.92 Å².